The lowest BCUT2D eigenvalue weighted by molar-refractivity contribution is 0.601. The van der Waals surface area contributed by atoms with Crippen LogP contribution >= 0.6 is 0 Å². The van der Waals surface area contributed by atoms with Gasteiger partial charge in [-0.05, 0) is 53.1 Å². The normalized spacial score (nSPS) is 16.3. The molecule has 0 spiro atoms. The molecule has 0 atom stereocenters. The minimum absolute atomic E-state index is 0.135. The molecule has 0 N–H and O–H groups in total. The Balaban J connectivity index is 1.66. The zero-order chi connectivity index (χ0) is 25.8. The number of hydrogen-bond acceptors (Lipinski definition) is 1. The third-order valence-corrected chi connectivity index (χ3v) is 9.10. The van der Waals surface area contributed by atoms with Gasteiger partial charge in [-0.15, -0.1) is 0 Å². The van der Waals surface area contributed by atoms with Crippen molar-refractivity contribution in [3.63, 3.8) is 0 Å². The van der Waals surface area contributed by atoms with E-state index in [-0.39, 0.29) is 10.8 Å². The molecular weight excluding hydrogens is 460 g/mol. The molecule has 184 valence electrons. The highest BCUT2D eigenvalue weighted by Gasteiger charge is 2.47. The monoisotopic (exact) mass is 490 g/mol. The molecular formula is C36H30N2. The van der Waals surface area contributed by atoms with Crippen molar-refractivity contribution in [2.45, 2.75) is 38.5 Å². The second-order valence-corrected chi connectivity index (χ2v) is 11.9. The summed E-state index contributed by atoms with van der Waals surface area (Å²) in [6.07, 6.45) is 0. The van der Waals surface area contributed by atoms with Crippen molar-refractivity contribution >= 4 is 38.9 Å². The molecule has 2 nitrogen and oxygen atoms in total. The first-order valence-corrected chi connectivity index (χ1v) is 13.6. The topological polar surface area (TPSA) is 8.17 Å². The Hall–Kier alpha value is -4.30. The predicted octanol–water partition coefficient (Wildman–Crippen LogP) is 9.53. The number of benzene rings is 5. The van der Waals surface area contributed by atoms with E-state index in [0.717, 1.165) is 0 Å². The molecule has 8 rings (SSSR count). The maximum Gasteiger partial charge on any atom is 0.0603 e. The molecule has 3 heterocycles. The summed E-state index contributed by atoms with van der Waals surface area (Å²) >= 11 is 0. The summed E-state index contributed by atoms with van der Waals surface area (Å²) in [6, 6.07) is 40.3. The summed E-state index contributed by atoms with van der Waals surface area (Å²) in [6.45, 7) is 9.63. The lowest BCUT2D eigenvalue weighted by atomic mass is 9.65. The average molecular weight is 491 g/mol. The van der Waals surface area contributed by atoms with Crippen LogP contribution in [0.1, 0.15) is 49.9 Å². The molecule has 0 fully saturated rings. The fourth-order valence-corrected chi connectivity index (χ4v) is 7.31. The maximum absolute atomic E-state index is 2.55. The van der Waals surface area contributed by atoms with Gasteiger partial charge in [0.25, 0.3) is 0 Å². The van der Waals surface area contributed by atoms with E-state index in [1.807, 2.05) is 0 Å². The fraction of sp³-hybridized carbons (Fsp3) is 0.167. The number of para-hydroxylation sites is 4. The van der Waals surface area contributed by atoms with E-state index in [1.165, 1.54) is 66.8 Å². The number of fused-ring (bicyclic) bond motifs is 8. The largest absolute Gasteiger partial charge is 0.309 e. The molecule has 0 radical (unpaired) electrons. The number of nitrogens with zero attached hydrogens (tertiary/aromatic N) is 2. The third-order valence-electron chi connectivity index (χ3n) is 9.10. The quantitative estimate of drug-likeness (QED) is 0.223. The number of rotatable bonds is 1. The first kappa shape index (κ1) is 21.8. The summed E-state index contributed by atoms with van der Waals surface area (Å²) in [7, 11) is 0. The van der Waals surface area contributed by atoms with Gasteiger partial charge in [-0.1, -0.05) is 100 Å². The first-order chi connectivity index (χ1) is 18.4. The highest BCUT2D eigenvalue weighted by Crippen LogP contribution is 2.62. The van der Waals surface area contributed by atoms with Gasteiger partial charge < -0.3 is 9.47 Å². The van der Waals surface area contributed by atoms with Crippen LogP contribution in [0.2, 0.25) is 0 Å². The number of hydrogen-bond donors (Lipinski definition) is 0. The number of anilines is 3. The molecule has 0 saturated carbocycles. The first-order valence-electron chi connectivity index (χ1n) is 13.6. The molecule has 1 aromatic heterocycles. The van der Waals surface area contributed by atoms with Gasteiger partial charge in [0.1, 0.15) is 0 Å². The van der Waals surface area contributed by atoms with E-state index < -0.39 is 0 Å². The molecule has 0 amide bonds. The van der Waals surface area contributed by atoms with Crippen LogP contribution in [-0.4, -0.2) is 4.57 Å². The van der Waals surface area contributed by atoms with Gasteiger partial charge in [0, 0.05) is 32.9 Å². The van der Waals surface area contributed by atoms with E-state index in [0.29, 0.717) is 0 Å². The molecule has 5 aromatic carbocycles. The van der Waals surface area contributed by atoms with E-state index >= 15 is 0 Å². The van der Waals surface area contributed by atoms with Crippen molar-refractivity contribution in [2.24, 2.45) is 0 Å². The second kappa shape index (κ2) is 7.17. The Morgan fingerprint density at radius 1 is 0.526 bits per heavy atom. The Morgan fingerprint density at radius 3 is 1.82 bits per heavy atom. The molecule has 0 bridgehead atoms. The Morgan fingerprint density at radius 2 is 1.11 bits per heavy atom. The molecule has 2 aliphatic rings. The minimum Gasteiger partial charge on any atom is -0.309 e. The van der Waals surface area contributed by atoms with E-state index in [2.05, 4.69) is 146 Å². The maximum atomic E-state index is 2.55. The van der Waals surface area contributed by atoms with Gasteiger partial charge in [-0.3, -0.25) is 0 Å². The molecule has 6 aromatic rings. The molecule has 0 saturated heterocycles. The van der Waals surface area contributed by atoms with Crippen molar-refractivity contribution in [1.29, 1.82) is 0 Å². The Bertz CT molecular complexity index is 1910. The van der Waals surface area contributed by atoms with Gasteiger partial charge in [0.2, 0.25) is 0 Å². The summed E-state index contributed by atoms with van der Waals surface area (Å²) in [5, 5.41) is 2.64. The van der Waals surface area contributed by atoms with Crippen LogP contribution in [0.4, 0.5) is 17.1 Å². The van der Waals surface area contributed by atoms with Crippen LogP contribution in [0, 0.1) is 0 Å². The fourth-order valence-electron chi connectivity index (χ4n) is 7.31. The Kier molecular flexibility index (Phi) is 4.10. The molecule has 0 unspecified atom stereocenters. The standard InChI is InChI=1S/C36H30N2/c1-35(2)26-17-9-12-20-30(26)38-31-21-13-10-18-27(31)36(3,4)32-33-25(22-28(35)34(32)38)24-16-8-11-19-29(24)37(33)23-14-6-5-7-15-23/h5-22H,1-4H3. The van der Waals surface area contributed by atoms with Gasteiger partial charge in [0.05, 0.1) is 28.1 Å². The van der Waals surface area contributed by atoms with Crippen LogP contribution in [0.25, 0.3) is 27.5 Å². The predicted molar refractivity (Wildman–Crippen MR) is 160 cm³/mol. The highest BCUT2D eigenvalue weighted by molar-refractivity contribution is 6.14. The zero-order valence-corrected chi connectivity index (χ0v) is 22.3. The van der Waals surface area contributed by atoms with Gasteiger partial charge in [0.15, 0.2) is 0 Å². The molecule has 0 aliphatic carbocycles. The second-order valence-electron chi connectivity index (χ2n) is 11.9. The van der Waals surface area contributed by atoms with E-state index in [4.69, 9.17) is 0 Å². The van der Waals surface area contributed by atoms with Gasteiger partial charge in [-0.2, -0.15) is 0 Å². The van der Waals surface area contributed by atoms with Gasteiger partial charge >= 0.3 is 0 Å². The lowest BCUT2D eigenvalue weighted by Gasteiger charge is -2.49. The summed E-state index contributed by atoms with van der Waals surface area (Å²) in [5.41, 5.74) is 12.9. The van der Waals surface area contributed by atoms with Crippen LogP contribution in [-0.2, 0) is 10.8 Å². The van der Waals surface area contributed by atoms with Gasteiger partial charge in [-0.25, -0.2) is 0 Å². The van der Waals surface area contributed by atoms with Crippen molar-refractivity contribution in [1.82, 2.24) is 4.57 Å². The Labute approximate surface area is 223 Å². The number of aromatic nitrogens is 1. The summed E-state index contributed by atoms with van der Waals surface area (Å²) < 4.78 is 2.50. The van der Waals surface area contributed by atoms with Crippen molar-refractivity contribution in [3.8, 4) is 5.69 Å². The lowest BCUT2D eigenvalue weighted by Crippen LogP contribution is -2.38. The van der Waals surface area contributed by atoms with Crippen molar-refractivity contribution in [2.75, 3.05) is 4.90 Å². The van der Waals surface area contributed by atoms with E-state index in [9.17, 15) is 0 Å². The summed E-state index contributed by atoms with van der Waals surface area (Å²) in [4.78, 5) is 2.55. The van der Waals surface area contributed by atoms with Crippen molar-refractivity contribution < 1.29 is 0 Å². The van der Waals surface area contributed by atoms with Crippen molar-refractivity contribution in [3.05, 3.63) is 131 Å². The SMILES string of the molecule is CC1(C)c2ccccc2N2c3ccccc3C(C)(C)c3c2c1cc1c2ccccc2n(-c2ccccc2)c31. The third kappa shape index (κ3) is 2.53. The van der Waals surface area contributed by atoms with E-state index in [1.54, 1.807) is 0 Å². The molecule has 38 heavy (non-hydrogen) atoms. The van der Waals surface area contributed by atoms with Crippen LogP contribution in [0.3, 0.4) is 0 Å². The van der Waals surface area contributed by atoms with Crippen LogP contribution in [0.5, 0.6) is 0 Å². The van der Waals surface area contributed by atoms with Crippen LogP contribution in [0.15, 0.2) is 109 Å². The zero-order valence-electron chi connectivity index (χ0n) is 22.3. The minimum atomic E-state index is -0.194. The highest BCUT2D eigenvalue weighted by atomic mass is 15.2. The molecule has 2 aliphatic heterocycles. The summed E-state index contributed by atoms with van der Waals surface area (Å²) in [5.74, 6) is 0. The molecule has 2 heteroatoms. The average Bonchev–Trinajstić information content (AvgIpc) is 3.27. The van der Waals surface area contributed by atoms with Crippen LogP contribution < -0.4 is 4.90 Å². The smallest absolute Gasteiger partial charge is 0.0603 e.